The highest BCUT2D eigenvalue weighted by Gasteiger charge is 2.27. The fourth-order valence-corrected chi connectivity index (χ4v) is 4.02. The third-order valence-corrected chi connectivity index (χ3v) is 5.58. The van der Waals surface area contributed by atoms with E-state index in [0.29, 0.717) is 23.0 Å². The number of imidazole rings is 1. The second-order valence-corrected chi connectivity index (χ2v) is 7.62. The van der Waals surface area contributed by atoms with Crippen LogP contribution in [0.2, 0.25) is 0 Å². The number of ketones is 1. The van der Waals surface area contributed by atoms with Crippen LogP contribution < -0.4 is 4.74 Å². The van der Waals surface area contributed by atoms with Crippen LogP contribution >= 0.6 is 0 Å². The molecule has 0 aliphatic heterocycles. The van der Waals surface area contributed by atoms with Gasteiger partial charge in [-0.15, -0.1) is 0 Å². The largest absolute Gasteiger partial charge is 0.439 e. The molecule has 0 spiro atoms. The summed E-state index contributed by atoms with van der Waals surface area (Å²) in [5, 5.41) is 9.86. The number of rotatable bonds is 5. The van der Waals surface area contributed by atoms with Gasteiger partial charge in [0.15, 0.2) is 5.82 Å². The molecule has 4 aromatic rings. The number of benzene rings is 2. The van der Waals surface area contributed by atoms with Gasteiger partial charge >= 0.3 is 0 Å². The van der Waals surface area contributed by atoms with Crippen molar-refractivity contribution in [3.05, 3.63) is 83.8 Å². The Morgan fingerprint density at radius 1 is 1.03 bits per heavy atom. The van der Waals surface area contributed by atoms with Crippen LogP contribution in [0.4, 0.5) is 0 Å². The van der Waals surface area contributed by atoms with Gasteiger partial charge in [-0.2, -0.15) is 0 Å². The van der Waals surface area contributed by atoms with Crippen LogP contribution in [-0.2, 0) is 0 Å². The number of hydrogen-bond donors (Lipinski definition) is 2. The third kappa shape index (κ3) is 3.57. The first-order valence-corrected chi connectivity index (χ1v) is 10.1. The number of para-hydroxylation sites is 2. The van der Waals surface area contributed by atoms with E-state index in [-0.39, 0.29) is 17.8 Å². The summed E-state index contributed by atoms with van der Waals surface area (Å²) in [4.78, 5) is 24.6. The van der Waals surface area contributed by atoms with Crippen molar-refractivity contribution < 1.29 is 14.6 Å². The number of carbonyl (C=O) groups is 1. The normalized spacial score (nSPS) is 18.6. The summed E-state index contributed by atoms with van der Waals surface area (Å²) in [6.07, 6.45) is 3.90. The fraction of sp³-hybridized carbons (Fsp3) is 0.208. The first-order chi connectivity index (χ1) is 14.7. The summed E-state index contributed by atoms with van der Waals surface area (Å²) in [5.74, 6) is 1.55. The summed E-state index contributed by atoms with van der Waals surface area (Å²) in [6.45, 7) is 0. The van der Waals surface area contributed by atoms with Gasteiger partial charge < -0.3 is 14.8 Å². The molecule has 0 saturated heterocycles. The number of ether oxygens (including phenoxy) is 1. The van der Waals surface area contributed by atoms with E-state index in [2.05, 4.69) is 15.0 Å². The Balaban J connectivity index is 1.35. The van der Waals surface area contributed by atoms with Crippen molar-refractivity contribution in [3.63, 3.8) is 0 Å². The minimum absolute atomic E-state index is 0.170. The Morgan fingerprint density at radius 3 is 2.63 bits per heavy atom. The van der Waals surface area contributed by atoms with Crippen LogP contribution in [-0.4, -0.2) is 31.9 Å². The summed E-state index contributed by atoms with van der Waals surface area (Å²) in [6, 6.07) is 18.4. The van der Waals surface area contributed by atoms with Gasteiger partial charge in [0, 0.05) is 17.3 Å². The van der Waals surface area contributed by atoms with E-state index >= 15 is 0 Å². The zero-order valence-corrected chi connectivity index (χ0v) is 16.3. The number of carbonyl (C=O) groups excluding carboxylic acids is 1. The minimum atomic E-state index is -0.258. The van der Waals surface area contributed by atoms with E-state index in [9.17, 15) is 9.90 Å². The highest BCUT2D eigenvalue weighted by molar-refractivity contribution is 6.08. The number of fused-ring (bicyclic) bond motifs is 1. The van der Waals surface area contributed by atoms with Crippen LogP contribution in [0.3, 0.4) is 0 Å². The van der Waals surface area contributed by atoms with Crippen molar-refractivity contribution in [1.29, 1.82) is 0 Å². The maximum atomic E-state index is 12.8. The Kier molecular flexibility index (Phi) is 4.77. The van der Waals surface area contributed by atoms with E-state index < -0.39 is 0 Å². The third-order valence-electron chi connectivity index (χ3n) is 5.58. The van der Waals surface area contributed by atoms with E-state index in [1.807, 2.05) is 36.4 Å². The van der Waals surface area contributed by atoms with Crippen LogP contribution in [0.25, 0.3) is 11.0 Å². The molecule has 2 aromatic carbocycles. The summed E-state index contributed by atoms with van der Waals surface area (Å²) in [5.41, 5.74) is 3.14. The molecule has 5 rings (SSSR count). The van der Waals surface area contributed by atoms with Crippen molar-refractivity contribution >= 4 is 16.8 Å². The lowest BCUT2D eigenvalue weighted by atomic mass is 9.99. The van der Waals surface area contributed by atoms with E-state index in [0.717, 1.165) is 35.9 Å². The highest BCUT2D eigenvalue weighted by Crippen LogP contribution is 2.39. The average Bonchev–Trinajstić information content (AvgIpc) is 3.40. The van der Waals surface area contributed by atoms with E-state index in [1.165, 1.54) is 0 Å². The molecule has 2 atom stereocenters. The highest BCUT2D eigenvalue weighted by atomic mass is 16.5. The minimum Gasteiger partial charge on any atom is -0.439 e. The Hall–Kier alpha value is -3.51. The van der Waals surface area contributed by atoms with Gasteiger partial charge in [-0.05, 0) is 67.6 Å². The van der Waals surface area contributed by atoms with Crippen LogP contribution in [0.15, 0.2) is 66.9 Å². The zero-order valence-electron chi connectivity index (χ0n) is 16.3. The second-order valence-electron chi connectivity index (χ2n) is 7.62. The monoisotopic (exact) mass is 399 g/mol. The predicted molar refractivity (Wildman–Crippen MR) is 113 cm³/mol. The van der Waals surface area contributed by atoms with Gasteiger partial charge in [0.1, 0.15) is 5.75 Å². The molecule has 0 bridgehead atoms. The lowest BCUT2D eigenvalue weighted by Crippen LogP contribution is -2.04. The number of aromatic amines is 1. The molecule has 2 N–H and O–H groups in total. The van der Waals surface area contributed by atoms with Gasteiger partial charge in [-0.1, -0.05) is 18.2 Å². The molecule has 6 heteroatoms. The molecule has 6 nitrogen and oxygen atoms in total. The fourth-order valence-electron chi connectivity index (χ4n) is 4.02. The lowest BCUT2D eigenvalue weighted by Gasteiger charge is -2.14. The molecule has 1 aliphatic carbocycles. The molecule has 0 unspecified atom stereocenters. The van der Waals surface area contributed by atoms with Gasteiger partial charge in [0.05, 0.1) is 17.1 Å². The Bertz CT molecular complexity index is 1170. The first-order valence-electron chi connectivity index (χ1n) is 10.1. The second kappa shape index (κ2) is 7.72. The lowest BCUT2D eigenvalue weighted by molar-refractivity contribution is 0.103. The van der Waals surface area contributed by atoms with Crippen molar-refractivity contribution in [1.82, 2.24) is 15.0 Å². The predicted octanol–water partition coefficient (Wildman–Crippen LogP) is 4.61. The molecule has 1 aliphatic rings. The molecular formula is C24H21N3O3. The first kappa shape index (κ1) is 18.5. The molecule has 0 radical (unpaired) electrons. The van der Waals surface area contributed by atoms with E-state index in [1.54, 1.807) is 30.5 Å². The number of hydrogen-bond acceptors (Lipinski definition) is 5. The number of pyridine rings is 1. The molecule has 2 aromatic heterocycles. The zero-order chi connectivity index (χ0) is 20.5. The molecule has 150 valence electrons. The topological polar surface area (TPSA) is 88.1 Å². The Labute approximate surface area is 173 Å². The van der Waals surface area contributed by atoms with E-state index in [4.69, 9.17) is 4.74 Å². The maximum Gasteiger partial charge on any atom is 0.228 e. The van der Waals surface area contributed by atoms with Gasteiger partial charge in [0.2, 0.25) is 11.7 Å². The number of nitrogens with zero attached hydrogens (tertiary/aromatic N) is 2. The smallest absolute Gasteiger partial charge is 0.228 e. The summed E-state index contributed by atoms with van der Waals surface area (Å²) >= 11 is 0. The van der Waals surface area contributed by atoms with Crippen LogP contribution in [0.5, 0.6) is 11.6 Å². The maximum absolute atomic E-state index is 12.8. The molecule has 1 fully saturated rings. The van der Waals surface area contributed by atoms with Crippen molar-refractivity contribution in [2.45, 2.75) is 31.3 Å². The van der Waals surface area contributed by atoms with Crippen LogP contribution in [0, 0.1) is 0 Å². The van der Waals surface area contributed by atoms with Crippen molar-refractivity contribution in [3.8, 4) is 11.6 Å². The Morgan fingerprint density at radius 2 is 1.87 bits per heavy atom. The molecule has 2 heterocycles. The van der Waals surface area contributed by atoms with Gasteiger partial charge in [0.25, 0.3) is 0 Å². The van der Waals surface area contributed by atoms with Gasteiger partial charge in [-0.25, -0.2) is 9.97 Å². The van der Waals surface area contributed by atoms with Gasteiger partial charge in [-0.3, -0.25) is 4.79 Å². The standard InChI is InChI=1S/C24H21N3O3/c28-17-10-7-16(14-17)19-4-3-13-25-24(19)30-18-11-8-15(9-12-18)22(29)23-26-20-5-1-2-6-21(20)27-23/h1-6,8-9,11-13,16-17,28H,7,10,14H2,(H,26,27)/t16-,17+/m1/s1. The van der Waals surface area contributed by atoms with Crippen LogP contribution in [0.1, 0.15) is 46.9 Å². The SMILES string of the molecule is O=C(c1ccc(Oc2ncccc2[C@@H]2CC[C@H](O)C2)cc1)c1nc2ccccc2[nH]1. The number of aliphatic hydroxyl groups excluding tert-OH is 1. The number of aliphatic hydroxyl groups is 1. The van der Waals surface area contributed by atoms with Crippen molar-refractivity contribution in [2.75, 3.05) is 0 Å². The summed E-state index contributed by atoms with van der Waals surface area (Å²) < 4.78 is 6.02. The number of nitrogens with one attached hydrogen (secondary N) is 1. The average molecular weight is 399 g/mol. The molecular weight excluding hydrogens is 378 g/mol. The number of H-pyrrole nitrogens is 1. The quantitative estimate of drug-likeness (QED) is 0.479. The number of aromatic nitrogens is 3. The molecule has 1 saturated carbocycles. The molecule has 0 amide bonds. The summed E-state index contributed by atoms with van der Waals surface area (Å²) in [7, 11) is 0. The van der Waals surface area contributed by atoms with Crippen molar-refractivity contribution in [2.24, 2.45) is 0 Å². The molecule has 30 heavy (non-hydrogen) atoms.